The highest BCUT2D eigenvalue weighted by atomic mass is 32.1. The standard InChI is InChI=1S/C14H20F3N3OS/c15-10-20-7-4-5-11(9-20)13-14(19-22-18-13)21-8-3-1-2-6-12(16)17/h5,12H,1-4,6-10H2. The van der Waals surface area contributed by atoms with E-state index in [1.54, 1.807) is 4.90 Å². The van der Waals surface area contributed by atoms with E-state index in [-0.39, 0.29) is 6.42 Å². The van der Waals surface area contributed by atoms with Crippen LogP contribution >= 0.6 is 11.7 Å². The summed E-state index contributed by atoms with van der Waals surface area (Å²) < 4.78 is 50.7. The van der Waals surface area contributed by atoms with Gasteiger partial charge < -0.3 is 4.74 Å². The summed E-state index contributed by atoms with van der Waals surface area (Å²) in [5.74, 6) is 0.464. The third-order valence-corrected chi connectivity index (χ3v) is 3.98. The Morgan fingerprint density at radius 3 is 2.91 bits per heavy atom. The van der Waals surface area contributed by atoms with Crippen molar-refractivity contribution < 1.29 is 17.9 Å². The van der Waals surface area contributed by atoms with Crippen molar-refractivity contribution >= 4 is 17.3 Å². The monoisotopic (exact) mass is 335 g/mol. The molecule has 2 rings (SSSR count). The molecule has 0 bridgehead atoms. The van der Waals surface area contributed by atoms with Crippen LogP contribution in [0.15, 0.2) is 6.08 Å². The van der Waals surface area contributed by atoms with E-state index in [4.69, 9.17) is 4.74 Å². The predicted octanol–water partition coefficient (Wildman–Crippen LogP) is 3.76. The van der Waals surface area contributed by atoms with Gasteiger partial charge in [-0.1, -0.05) is 6.08 Å². The number of halogens is 3. The van der Waals surface area contributed by atoms with E-state index < -0.39 is 13.2 Å². The molecule has 0 saturated heterocycles. The summed E-state index contributed by atoms with van der Waals surface area (Å²) in [4.78, 5) is 1.70. The quantitative estimate of drug-likeness (QED) is 0.509. The molecule has 124 valence electrons. The van der Waals surface area contributed by atoms with Crippen molar-refractivity contribution in [3.05, 3.63) is 11.8 Å². The summed E-state index contributed by atoms with van der Waals surface area (Å²) in [5.41, 5.74) is 1.61. The van der Waals surface area contributed by atoms with Crippen molar-refractivity contribution in [1.82, 2.24) is 13.6 Å². The van der Waals surface area contributed by atoms with E-state index >= 15 is 0 Å². The van der Waals surface area contributed by atoms with Gasteiger partial charge in [0.1, 0.15) is 12.5 Å². The van der Waals surface area contributed by atoms with Gasteiger partial charge in [0.25, 0.3) is 5.88 Å². The first-order valence-electron chi connectivity index (χ1n) is 7.42. The number of ether oxygens (including phenoxy) is 1. The summed E-state index contributed by atoms with van der Waals surface area (Å²) in [6.07, 6.45) is 2.44. The molecule has 1 aromatic rings. The second-order valence-corrected chi connectivity index (χ2v) is 5.73. The summed E-state index contributed by atoms with van der Waals surface area (Å²) in [7, 11) is 0. The Balaban J connectivity index is 1.79. The van der Waals surface area contributed by atoms with Gasteiger partial charge in [-0.25, -0.2) is 13.2 Å². The second-order valence-electron chi connectivity index (χ2n) is 5.20. The number of hydrogen-bond acceptors (Lipinski definition) is 5. The van der Waals surface area contributed by atoms with Gasteiger partial charge in [-0.15, -0.1) is 4.37 Å². The van der Waals surface area contributed by atoms with Crippen molar-refractivity contribution in [2.24, 2.45) is 0 Å². The number of alkyl halides is 3. The molecule has 1 aliphatic heterocycles. The minimum Gasteiger partial charge on any atom is -0.475 e. The Kier molecular flexibility index (Phi) is 7.11. The fourth-order valence-corrected chi connectivity index (χ4v) is 2.83. The molecule has 0 aromatic carbocycles. The van der Waals surface area contributed by atoms with Crippen LogP contribution < -0.4 is 4.74 Å². The van der Waals surface area contributed by atoms with E-state index in [2.05, 4.69) is 8.75 Å². The van der Waals surface area contributed by atoms with E-state index in [9.17, 15) is 13.2 Å². The van der Waals surface area contributed by atoms with Crippen LogP contribution in [0.4, 0.5) is 13.2 Å². The zero-order valence-electron chi connectivity index (χ0n) is 12.3. The van der Waals surface area contributed by atoms with Crippen LogP contribution in [0.5, 0.6) is 5.88 Å². The normalized spacial score (nSPS) is 16.1. The average Bonchev–Trinajstić information content (AvgIpc) is 2.99. The molecule has 0 fully saturated rings. The molecule has 0 atom stereocenters. The van der Waals surface area contributed by atoms with Crippen LogP contribution in [-0.2, 0) is 0 Å². The lowest BCUT2D eigenvalue weighted by Crippen LogP contribution is -2.28. The highest BCUT2D eigenvalue weighted by Gasteiger charge is 2.20. The van der Waals surface area contributed by atoms with Crippen LogP contribution in [0.1, 0.15) is 37.8 Å². The predicted molar refractivity (Wildman–Crippen MR) is 80.0 cm³/mol. The van der Waals surface area contributed by atoms with Crippen molar-refractivity contribution in [3.63, 3.8) is 0 Å². The minimum atomic E-state index is -2.23. The first-order valence-corrected chi connectivity index (χ1v) is 8.15. The molecule has 0 aliphatic carbocycles. The third kappa shape index (κ3) is 5.24. The van der Waals surface area contributed by atoms with Gasteiger partial charge in [0.2, 0.25) is 6.43 Å². The molecule has 22 heavy (non-hydrogen) atoms. The fourth-order valence-electron chi connectivity index (χ4n) is 2.30. The Hall–Kier alpha value is -1.15. The first-order chi connectivity index (χ1) is 10.7. The van der Waals surface area contributed by atoms with Gasteiger partial charge in [-0.2, -0.15) is 4.37 Å². The summed E-state index contributed by atoms with van der Waals surface area (Å²) in [6.45, 7) is 1.17. The molecule has 0 spiro atoms. The van der Waals surface area contributed by atoms with Gasteiger partial charge in [-0.05, 0) is 31.3 Å². The topological polar surface area (TPSA) is 38.2 Å². The number of nitrogens with zero attached hydrogens (tertiary/aromatic N) is 3. The van der Waals surface area contributed by atoms with E-state index in [0.29, 0.717) is 50.5 Å². The number of aromatic nitrogens is 2. The molecule has 0 saturated carbocycles. The molecule has 1 aliphatic rings. The molecular formula is C14H20F3N3OS. The summed E-state index contributed by atoms with van der Waals surface area (Å²) in [5, 5.41) is 0. The van der Waals surface area contributed by atoms with E-state index in [0.717, 1.165) is 23.7 Å². The van der Waals surface area contributed by atoms with Gasteiger partial charge in [0.15, 0.2) is 0 Å². The summed E-state index contributed by atoms with van der Waals surface area (Å²) >= 11 is 1.06. The van der Waals surface area contributed by atoms with Crippen molar-refractivity contribution in [2.45, 2.75) is 38.5 Å². The second kappa shape index (κ2) is 9.09. The lowest BCUT2D eigenvalue weighted by molar-refractivity contribution is 0.133. The van der Waals surface area contributed by atoms with Crippen LogP contribution in [-0.4, -0.2) is 46.6 Å². The molecule has 2 heterocycles. The number of rotatable bonds is 9. The molecule has 0 N–H and O–H groups in total. The molecule has 1 aromatic heterocycles. The SMILES string of the molecule is FCN1CCC=C(c2nsnc2OCCCCCC(F)F)C1. The molecular weight excluding hydrogens is 315 g/mol. The Morgan fingerprint density at radius 2 is 2.14 bits per heavy atom. The highest BCUT2D eigenvalue weighted by Crippen LogP contribution is 2.27. The fraction of sp³-hybridized carbons (Fsp3) is 0.714. The lowest BCUT2D eigenvalue weighted by atomic mass is 10.1. The third-order valence-electron chi connectivity index (χ3n) is 3.47. The smallest absolute Gasteiger partial charge is 0.253 e. The lowest BCUT2D eigenvalue weighted by Gasteiger charge is -2.23. The number of hydrogen-bond donors (Lipinski definition) is 0. The van der Waals surface area contributed by atoms with Crippen LogP contribution in [0.2, 0.25) is 0 Å². The zero-order valence-corrected chi connectivity index (χ0v) is 13.1. The maximum atomic E-state index is 12.8. The van der Waals surface area contributed by atoms with Gasteiger partial charge >= 0.3 is 0 Å². The molecule has 0 radical (unpaired) electrons. The maximum Gasteiger partial charge on any atom is 0.253 e. The highest BCUT2D eigenvalue weighted by molar-refractivity contribution is 6.99. The van der Waals surface area contributed by atoms with Crippen molar-refractivity contribution in [3.8, 4) is 5.88 Å². The minimum absolute atomic E-state index is 0.0601. The Morgan fingerprint density at radius 1 is 1.27 bits per heavy atom. The van der Waals surface area contributed by atoms with Crippen LogP contribution in [0.25, 0.3) is 5.57 Å². The molecule has 0 amide bonds. The van der Waals surface area contributed by atoms with Crippen molar-refractivity contribution in [1.29, 1.82) is 0 Å². The zero-order chi connectivity index (χ0) is 15.8. The van der Waals surface area contributed by atoms with Crippen LogP contribution in [0, 0.1) is 0 Å². The van der Waals surface area contributed by atoms with E-state index in [1.807, 2.05) is 6.08 Å². The van der Waals surface area contributed by atoms with Gasteiger partial charge in [0.05, 0.1) is 18.3 Å². The Bertz CT molecular complexity index is 482. The van der Waals surface area contributed by atoms with Gasteiger partial charge in [0, 0.05) is 19.5 Å². The van der Waals surface area contributed by atoms with Crippen molar-refractivity contribution in [2.75, 3.05) is 26.5 Å². The largest absolute Gasteiger partial charge is 0.475 e. The molecule has 0 unspecified atom stereocenters. The van der Waals surface area contributed by atoms with E-state index in [1.165, 1.54) is 0 Å². The summed E-state index contributed by atoms with van der Waals surface area (Å²) in [6, 6.07) is 0. The average molecular weight is 335 g/mol. The van der Waals surface area contributed by atoms with Crippen LogP contribution in [0.3, 0.4) is 0 Å². The van der Waals surface area contributed by atoms with Gasteiger partial charge in [-0.3, -0.25) is 4.90 Å². The number of unbranched alkanes of at least 4 members (excludes halogenated alkanes) is 2. The maximum absolute atomic E-state index is 12.8. The Labute approximate surface area is 132 Å². The molecule has 4 nitrogen and oxygen atoms in total. The molecule has 8 heteroatoms. The first kappa shape index (κ1) is 17.2.